The van der Waals surface area contributed by atoms with Gasteiger partial charge in [-0.15, -0.1) is 0 Å². The lowest BCUT2D eigenvalue weighted by Gasteiger charge is -2.41. The largest absolute Gasteiger partial charge is 0.392 e. The van der Waals surface area contributed by atoms with Crippen LogP contribution in [0.5, 0.6) is 0 Å². The number of nitrogens with one attached hydrogen (secondary N) is 1. The Morgan fingerprint density at radius 1 is 1.44 bits per heavy atom. The molecule has 0 bridgehead atoms. The molecule has 0 aromatic heterocycles. The van der Waals surface area contributed by atoms with E-state index in [0.717, 1.165) is 19.3 Å². The molecule has 5 atom stereocenters. The molecule has 2 rings (SSSR count). The number of amides is 1. The first-order valence-electron chi connectivity index (χ1n) is 6.17. The molecule has 92 valence electrons. The number of aliphatic hydroxyl groups excluding tert-OH is 1. The fourth-order valence-corrected chi connectivity index (χ4v) is 3.96. The molecule has 16 heavy (non-hydrogen) atoms. The molecule has 0 unspecified atom stereocenters. The predicted octanol–water partition coefficient (Wildman–Crippen LogP) is 1.40. The fourth-order valence-electron chi connectivity index (χ4n) is 3.07. The highest BCUT2D eigenvalue weighted by Gasteiger charge is 2.53. The molecule has 2 aliphatic rings. The summed E-state index contributed by atoms with van der Waals surface area (Å²) in [5.41, 5.74) is 0. The van der Waals surface area contributed by atoms with E-state index in [4.69, 9.17) is 0 Å². The van der Waals surface area contributed by atoms with Crippen LogP contribution in [0.4, 0.5) is 0 Å². The molecule has 0 spiro atoms. The average Bonchev–Trinajstić information content (AvgIpc) is 2.48. The Morgan fingerprint density at radius 3 is 2.81 bits per heavy atom. The third kappa shape index (κ3) is 2.09. The van der Waals surface area contributed by atoms with Gasteiger partial charge in [0.25, 0.3) is 0 Å². The maximum atomic E-state index is 11.5. The summed E-state index contributed by atoms with van der Waals surface area (Å²) >= 11 is 1.76. The standard InChI is InChI=1S/C12H21NO2S/c1-3-4-11(14)13-9-5-8-7(9)6-10(16-2)12(8)15/h7-10,12,15H,3-6H2,1-2H3,(H,13,14)/t7-,8-,9+,10+,12+/m1/s1. The topological polar surface area (TPSA) is 49.3 Å². The number of hydrogen-bond acceptors (Lipinski definition) is 3. The normalized spacial score (nSPS) is 41.3. The molecule has 4 heteroatoms. The van der Waals surface area contributed by atoms with E-state index in [9.17, 15) is 9.90 Å². The van der Waals surface area contributed by atoms with Crippen LogP contribution in [-0.4, -0.2) is 34.7 Å². The number of rotatable bonds is 4. The summed E-state index contributed by atoms with van der Waals surface area (Å²) in [7, 11) is 0. The number of carbonyl (C=O) groups is 1. The Morgan fingerprint density at radius 2 is 2.19 bits per heavy atom. The van der Waals surface area contributed by atoms with Gasteiger partial charge in [-0.2, -0.15) is 11.8 Å². The molecule has 2 saturated carbocycles. The molecule has 0 aromatic rings. The van der Waals surface area contributed by atoms with Gasteiger partial charge in [0.1, 0.15) is 0 Å². The minimum Gasteiger partial charge on any atom is -0.392 e. The van der Waals surface area contributed by atoms with Gasteiger partial charge >= 0.3 is 0 Å². The third-order valence-electron chi connectivity index (χ3n) is 4.04. The van der Waals surface area contributed by atoms with Gasteiger partial charge < -0.3 is 10.4 Å². The second kappa shape index (κ2) is 4.96. The lowest BCUT2D eigenvalue weighted by atomic mass is 9.71. The van der Waals surface area contributed by atoms with Crippen molar-refractivity contribution in [2.75, 3.05) is 6.26 Å². The summed E-state index contributed by atoms with van der Waals surface area (Å²) in [5, 5.41) is 13.5. The lowest BCUT2D eigenvalue weighted by Crippen LogP contribution is -2.52. The second-order valence-electron chi connectivity index (χ2n) is 4.99. The summed E-state index contributed by atoms with van der Waals surface area (Å²) < 4.78 is 0. The van der Waals surface area contributed by atoms with E-state index in [2.05, 4.69) is 11.6 Å². The molecule has 0 aliphatic heterocycles. The molecule has 0 saturated heterocycles. The SMILES string of the molecule is CCCC(=O)N[C@H]1C[C@H]2[C@H](O)[C@@H](SC)C[C@H]21. The van der Waals surface area contributed by atoms with Gasteiger partial charge in [-0.1, -0.05) is 6.92 Å². The van der Waals surface area contributed by atoms with E-state index < -0.39 is 0 Å². The summed E-state index contributed by atoms with van der Waals surface area (Å²) in [6.45, 7) is 2.02. The third-order valence-corrected chi connectivity index (χ3v) is 5.12. The van der Waals surface area contributed by atoms with E-state index in [0.29, 0.717) is 29.5 Å². The predicted molar refractivity (Wildman–Crippen MR) is 66.4 cm³/mol. The second-order valence-corrected chi connectivity index (χ2v) is 6.06. The summed E-state index contributed by atoms with van der Waals surface area (Å²) in [6.07, 6.45) is 5.47. The van der Waals surface area contributed by atoms with Crippen molar-refractivity contribution in [2.24, 2.45) is 11.8 Å². The summed E-state index contributed by atoms with van der Waals surface area (Å²) in [5.74, 6) is 1.13. The Bertz CT molecular complexity index is 272. The van der Waals surface area contributed by atoms with Crippen LogP contribution in [0.15, 0.2) is 0 Å². The zero-order chi connectivity index (χ0) is 11.7. The van der Waals surface area contributed by atoms with E-state index in [1.165, 1.54) is 0 Å². The van der Waals surface area contributed by atoms with E-state index in [1.54, 1.807) is 11.8 Å². The van der Waals surface area contributed by atoms with E-state index in [1.807, 2.05) is 6.92 Å². The molecule has 0 aromatic carbocycles. The average molecular weight is 243 g/mol. The molecule has 2 N–H and O–H groups in total. The molecule has 2 fully saturated rings. The van der Waals surface area contributed by atoms with Crippen molar-refractivity contribution in [1.29, 1.82) is 0 Å². The number of aliphatic hydroxyl groups is 1. The number of thioether (sulfide) groups is 1. The first kappa shape index (κ1) is 12.2. The highest BCUT2D eigenvalue weighted by molar-refractivity contribution is 7.99. The summed E-state index contributed by atoms with van der Waals surface area (Å²) in [6, 6.07) is 0.329. The van der Waals surface area contributed by atoms with Crippen molar-refractivity contribution in [3.05, 3.63) is 0 Å². The van der Waals surface area contributed by atoms with Gasteiger partial charge in [-0.25, -0.2) is 0 Å². The van der Waals surface area contributed by atoms with Crippen LogP contribution in [0, 0.1) is 11.8 Å². The van der Waals surface area contributed by atoms with Gasteiger partial charge in [0.15, 0.2) is 0 Å². The zero-order valence-corrected chi connectivity index (χ0v) is 10.8. The Labute approximate surface area is 101 Å². The molecule has 2 aliphatic carbocycles. The quantitative estimate of drug-likeness (QED) is 0.785. The molecule has 0 radical (unpaired) electrons. The minimum atomic E-state index is -0.153. The molecular formula is C12H21NO2S. The molecule has 3 nitrogen and oxygen atoms in total. The van der Waals surface area contributed by atoms with E-state index >= 15 is 0 Å². The van der Waals surface area contributed by atoms with Crippen molar-refractivity contribution in [2.45, 2.75) is 50.0 Å². The zero-order valence-electron chi connectivity index (χ0n) is 9.98. The van der Waals surface area contributed by atoms with Crippen LogP contribution in [0.25, 0.3) is 0 Å². The Balaban J connectivity index is 1.83. The molecular weight excluding hydrogens is 222 g/mol. The van der Waals surface area contributed by atoms with Crippen LogP contribution in [-0.2, 0) is 4.79 Å². The summed E-state index contributed by atoms with van der Waals surface area (Å²) in [4.78, 5) is 11.5. The molecule has 1 amide bonds. The van der Waals surface area contributed by atoms with Gasteiger partial charge in [0.2, 0.25) is 5.91 Å². The first-order chi connectivity index (χ1) is 7.67. The van der Waals surface area contributed by atoms with Crippen LogP contribution in [0.1, 0.15) is 32.6 Å². The highest BCUT2D eigenvalue weighted by Crippen LogP contribution is 2.50. The number of hydrogen-bond donors (Lipinski definition) is 2. The van der Waals surface area contributed by atoms with Crippen LogP contribution in [0.2, 0.25) is 0 Å². The lowest BCUT2D eigenvalue weighted by molar-refractivity contribution is -0.123. The van der Waals surface area contributed by atoms with Crippen molar-refractivity contribution >= 4 is 17.7 Å². The van der Waals surface area contributed by atoms with Crippen molar-refractivity contribution in [1.82, 2.24) is 5.32 Å². The maximum absolute atomic E-state index is 11.5. The van der Waals surface area contributed by atoms with Gasteiger partial charge in [-0.3, -0.25) is 4.79 Å². The number of carbonyl (C=O) groups excluding carboxylic acids is 1. The maximum Gasteiger partial charge on any atom is 0.220 e. The van der Waals surface area contributed by atoms with Gasteiger partial charge in [0.05, 0.1) is 6.10 Å². The Hall–Kier alpha value is -0.220. The van der Waals surface area contributed by atoms with E-state index in [-0.39, 0.29) is 12.0 Å². The van der Waals surface area contributed by atoms with Crippen molar-refractivity contribution in [3.8, 4) is 0 Å². The fraction of sp³-hybridized carbons (Fsp3) is 0.917. The van der Waals surface area contributed by atoms with Gasteiger partial charge in [-0.05, 0) is 37.4 Å². The van der Waals surface area contributed by atoms with Gasteiger partial charge in [0, 0.05) is 17.7 Å². The van der Waals surface area contributed by atoms with Crippen LogP contribution >= 0.6 is 11.8 Å². The molecule has 0 heterocycles. The monoisotopic (exact) mass is 243 g/mol. The van der Waals surface area contributed by atoms with Crippen molar-refractivity contribution < 1.29 is 9.90 Å². The minimum absolute atomic E-state index is 0.153. The van der Waals surface area contributed by atoms with Crippen molar-refractivity contribution in [3.63, 3.8) is 0 Å². The highest BCUT2D eigenvalue weighted by atomic mass is 32.2. The number of fused-ring (bicyclic) bond motifs is 1. The smallest absolute Gasteiger partial charge is 0.220 e. The van der Waals surface area contributed by atoms with Crippen LogP contribution < -0.4 is 5.32 Å². The first-order valence-corrected chi connectivity index (χ1v) is 7.46. The van der Waals surface area contributed by atoms with Crippen LogP contribution in [0.3, 0.4) is 0 Å². The Kier molecular flexibility index (Phi) is 3.80.